The molecule has 2 nitrogen and oxygen atoms in total. The molecular weight excluding hydrogens is 498 g/mol. The zero-order valence-corrected chi connectivity index (χ0v) is 19.5. The first kappa shape index (κ1) is 24.0. The first-order valence-electron chi connectivity index (χ1n) is 8.55. The largest absolute Gasteiger partial charge is 0.388 e. The minimum atomic E-state index is -0.244. The minimum absolute atomic E-state index is 0. The maximum Gasteiger partial charge on any atom is 0.0793 e. The summed E-state index contributed by atoms with van der Waals surface area (Å²) >= 11 is 6.87. The van der Waals surface area contributed by atoms with Crippen molar-refractivity contribution >= 4 is 57.8 Å². The molecule has 2 aromatic carbocycles. The van der Waals surface area contributed by atoms with E-state index in [1.807, 2.05) is 12.1 Å². The molecule has 0 saturated carbocycles. The van der Waals surface area contributed by atoms with Gasteiger partial charge in [-0.15, -0.1) is 12.4 Å². The summed E-state index contributed by atoms with van der Waals surface area (Å²) in [6.45, 7) is 0. The number of hydrogen-bond acceptors (Lipinski definition) is 2. The van der Waals surface area contributed by atoms with Gasteiger partial charge in [0.15, 0.2) is 0 Å². The summed E-state index contributed by atoms with van der Waals surface area (Å²) in [5, 5.41) is 9.66. The van der Waals surface area contributed by atoms with Crippen LogP contribution in [0, 0.1) is 0 Å². The highest BCUT2D eigenvalue weighted by Gasteiger charge is 2.17. The smallest absolute Gasteiger partial charge is 0.0793 e. The van der Waals surface area contributed by atoms with Gasteiger partial charge in [0.05, 0.1) is 6.10 Å². The first-order valence-corrected chi connectivity index (χ1v) is 10.1. The van der Waals surface area contributed by atoms with E-state index in [9.17, 15) is 5.11 Å². The molecule has 0 aromatic heterocycles. The number of halogens is 3. The molecule has 0 heterocycles. The van der Waals surface area contributed by atoms with Gasteiger partial charge >= 0.3 is 0 Å². The van der Waals surface area contributed by atoms with Crippen molar-refractivity contribution in [2.45, 2.75) is 50.7 Å². The van der Waals surface area contributed by atoms with Gasteiger partial charge in [-0.25, -0.2) is 0 Å². The summed E-state index contributed by atoms with van der Waals surface area (Å²) in [7, 11) is 0. The lowest BCUT2D eigenvalue weighted by molar-refractivity contribution is 0.156. The summed E-state index contributed by atoms with van der Waals surface area (Å²) in [5.41, 5.74) is 11.2. The fourth-order valence-corrected chi connectivity index (χ4v) is 4.31. The third-order valence-electron chi connectivity index (χ3n) is 4.86. The lowest BCUT2D eigenvalue weighted by atomic mass is 9.88. The lowest BCUT2D eigenvalue weighted by Gasteiger charge is -2.22. The maximum absolute atomic E-state index is 9.66. The van der Waals surface area contributed by atoms with Crippen molar-refractivity contribution in [3.63, 3.8) is 0 Å². The number of fused-ring (bicyclic) bond motifs is 2. The molecule has 2 aliphatic rings. The van der Waals surface area contributed by atoms with Crippen LogP contribution in [0.2, 0.25) is 0 Å². The lowest BCUT2D eigenvalue weighted by Crippen LogP contribution is -2.17. The van der Waals surface area contributed by atoms with Crippen LogP contribution in [0.15, 0.2) is 45.3 Å². The van der Waals surface area contributed by atoms with Gasteiger partial charge in [-0.3, -0.25) is 0 Å². The predicted molar refractivity (Wildman–Crippen MR) is 124 cm³/mol. The average molecular weight is 524 g/mol. The molecule has 0 unspecified atom stereocenters. The van der Waals surface area contributed by atoms with Gasteiger partial charge < -0.3 is 10.8 Å². The van der Waals surface area contributed by atoms with Crippen LogP contribution in [-0.4, -0.2) is 5.11 Å². The fraction of sp³-hybridized carbons (Fsp3) is 0.400. The molecule has 0 saturated heterocycles. The molecule has 3 N–H and O–H groups in total. The van der Waals surface area contributed by atoms with Crippen LogP contribution in [0.3, 0.4) is 0 Å². The van der Waals surface area contributed by atoms with E-state index in [0.717, 1.165) is 40.2 Å². The van der Waals surface area contributed by atoms with E-state index < -0.39 is 0 Å². The zero-order valence-electron chi connectivity index (χ0n) is 14.6. The van der Waals surface area contributed by atoms with Crippen molar-refractivity contribution in [3.8, 4) is 0 Å². The summed E-state index contributed by atoms with van der Waals surface area (Å²) in [4.78, 5) is 0. The molecule has 0 aliphatic heterocycles. The normalized spacial score (nSPS) is 20.3. The van der Waals surface area contributed by atoms with E-state index in [2.05, 4.69) is 56.1 Å². The number of aliphatic hydroxyl groups excluding tert-OH is 1. The Hall–Kier alpha value is -0.0400. The van der Waals surface area contributed by atoms with E-state index in [1.165, 1.54) is 29.5 Å². The van der Waals surface area contributed by atoms with Gasteiger partial charge in [-0.2, -0.15) is 13.5 Å². The van der Waals surface area contributed by atoms with Crippen molar-refractivity contribution in [2.24, 2.45) is 5.73 Å². The molecule has 6 heteroatoms. The molecule has 2 aromatic rings. The molecule has 144 valence electrons. The van der Waals surface area contributed by atoms with Gasteiger partial charge in [0, 0.05) is 15.0 Å². The highest BCUT2D eigenvalue weighted by atomic mass is 79.9. The van der Waals surface area contributed by atoms with Crippen LogP contribution in [0.4, 0.5) is 0 Å². The number of hydrogen-bond donors (Lipinski definition) is 2. The predicted octanol–water partition coefficient (Wildman–Crippen LogP) is 6.14. The van der Waals surface area contributed by atoms with E-state index in [4.69, 9.17) is 5.73 Å². The molecule has 0 bridgehead atoms. The Morgan fingerprint density at radius 3 is 1.96 bits per heavy atom. The second kappa shape index (κ2) is 11.1. The number of aryl methyl sites for hydroxylation is 2. The topological polar surface area (TPSA) is 46.2 Å². The number of nitrogens with two attached hydrogens (primary N) is 1. The Labute approximate surface area is 186 Å². The Kier molecular flexibility index (Phi) is 10.2. The fourth-order valence-electron chi connectivity index (χ4n) is 3.55. The standard InChI is InChI=1S/C10H12BrN.C10H11BrO.ClH.H2S/c2*11-8-5-4-7-2-1-3-10(12)9(7)6-8;;/h4-6,10H,1-3,12H2;4-6,10,12H,1-3H2;1H;1H2/t2*10-;;/m01../s1. The Balaban J connectivity index is 0.000000241. The van der Waals surface area contributed by atoms with Crippen molar-refractivity contribution < 1.29 is 5.11 Å². The third-order valence-corrected chi connectivity index (χ3v) is 5.85. The van der Waals surface area contributed by atoms with Crippen LogP contribution in [0.25, 0.3) is 0 Å². The van der Waals surface area contributed by atoms with Gasteiger partial charge in [-0.1, -0.05) is 44.0 Å². The molecule has 26 heavy (non-hydrogen) atoms. The average Bonchev–Trinajstić information content (AvgIpc) is 2.57. The van der Waals surface area contributed by atoms with Crippen LogP contribution >= 0.6 is 57.8 Å². The van der Waals surface area contributed by atoms with Crippen molar-refractivity contribution in [2.75, 3.05) is 0 Å². The van der Waals surface area contributed by atoms with E-state index >= 15 is 0 Å². The van der Waals surface area contributed by atoms with Crippen LogP contribution in [0.1, 0.15) is 60.1 Å². The molecule has 0 spiro atoms. The molecule has 2 aliphatic carbocycles. The summed E-state index contributed by atoms with van der Waals surface area (Å²) < 4.78 is 2.20. The van der Waals surface area contributed by atoms with Gasteiger partial charge in [0.2, 0.25) is 0 Å². The molecule has 4 rings (SSSR count). The number of rotatable bonds is 0. The van der Waals surface area contributed by atoms with Crippen molar-refractivity contribution in [3.05, 3.63) is 67.6 Å². The summed E-state index contributed by atoms with van der Waals surface area (Å²) in [6.07, 6.45) is 6.43. The monoisotopic (exact) mass is 521 g/mol. The molecule has 2 atom stereocenters. The quantitative estimate of drug-likeness (QED) is 0.436. The van der Waals surface area contributed by atoms with E-state index in [-0.39, 0.29) is 38.0 Å². The minimum Gasteiger partial charge on any atom is -0.388 e. The zero-order chi connectivity index (χ0) is 17.1. The van der Waals surface area contributed by atoms with Crippen LogP contribution in [0.5, 0.6) is 0 Å². The van der Waals surface area contributed by atoms with Gasteiger partial charge in [0.1, 0.15) is 0 Å². The maximum atomic E-state index is 9.66. The second-order valence-corrected chi connectivity index (χ2v) is 8.42. The molecular formula is C20H26Br2ClNOS. The SMILES string of the molecule is Cl.N[C@H]1CCCc2ccc(Br)cc21.O[C@@H]1CCCc2ccc(Br)cc21.S. The highest BCUT2D eigenvalue weighted by molar-refractivity contribution is 9.10. The highest BCUT2D eigenvalue weighted by Crippen LogP contribution is 2.31. The van der Waals surface area contributed by atoms with Crippen molar-refractivity contribution in [1.82, 2.24) is 0 Å². The molecule has 0 amide bonds. The first-order chi connectivity index (χ1) is 11.5. The Morgan fingerprint density at radius 2 is 1.35 bits per heavy atom. The summed E-state index contributed by atoms with van der Waals surface area (Å²) in [5.74, 6) is 0. The third kappa shape index (κ3) is 5.98. The second-order valence-electron chi connectivity index (χ2n) is 6.59. The van der Waals surface area contributed by atoms with E-state index in [0.29, 0.717) is 0 Å². The van der Waals surface area contributed by atoms with Gasteiger partial charge in [0.25, 0.3) is 0 Å². The van der Waals surface area contributed by atoms with Gasteiger partial charge in [-0.05, 0) is 85.0 Å². The Bertz CT molecular complexity index is 667. The Morgan fingerprint density at radius 1 is 0.846 bits per heavy atom. The summed E-state index contributed by atoms with van der Waals surface area (Å²) in [6, 6.07) is 12.8. The van der Waals surface area contributed by atoms with E-state index in [1.54, 1.807) is 0 Å². The number of aliphatic hydroxyl groups is 1. The van der Waals surface area contributed by atoms with Crippen LogP contribution < -0.4 is 5.73 Å². The molecule has 0 radical (unpaired) electrons. The number of benzene rings is 2. The van der Waals surface area contributed by atoms with Crippen LogP contribution in [-0.2, 0) is 12.8 Å². The van der Waals surface area contributed by atoms with Crippen molar-refractivity contribution in [1.29, 1.82) is 0 Å². The molecule has 0 fully saturated rings.